The van der Waals surface area contributed by atoms with Gasteiger partial charge in [-0.05, 0) is 48.1 Å². The van der Waals surface area contributed by atoms with E-state index in [0.717, 1.165) is 41.8 Å². The standard InChI is InChI=1S/C26H27N3O4S/c1-32-19-6-3-5-16-17(19)10-9-15-13-28(14-18(15)16)11-12-29-25(30)24-23(27-26(29)31)22-20(33-2)7-4-8-21(22)34-24/h3-8,15,18H,9-14H2,1-2H3,(H,27,31)/t15-,18+/m0/s1. The Kier molecular flexibility index (Phi) is 5.22. The number of methoxy groups -OCH3 is 2. The molecule has 1 saturated heterocycles. The van der Waals surface area contributed by atoms with Gasteiger partial charge in [0.2, 0.25) is 0 Å². The Balaban J connectivity index is 1.27. The fourth-order valence-electron chi connectivity index (χ4n) is 5.90. The van der Waals surface area contributed by atoms with Gasteiger partial charge in [-0.2, -0.15) is 0 Å². The predicted molar refractivity (Wildman–Crippen MR) is 135 cm³/mol. The van der Waals surface area contributed by atoms with E-state index in [4.69, 9.17) is 9.47 Å². The number of ether oxygens (including phenoxy) is 2. The molecule has 0 radical (unpaired) electrons. The molecule has 6 rings (SSSR count). The van der Waals surface area contributed by atoms with Crippen molar-refractivity contribution in [1.82, 2.24) is 14.5 Å². The number of aromatic nitrogens is 2. The molecule has 7 nitrogen and oxygen atoms in total. The normalized spacial score (nSPS) is 19.9. The number of thiophene rings is 1. The van der Waals surface area contributed by atoms with Crippen molar-refractivity contribution in [3.05, 3.63) is 68.4 Å². The highest BCUT2D eigenvalue weighted by molar-refractivity contribution is 7.25. The fourth-order valence-corrected chi connectivity index (χ4v) is 7.02. The first-order chi connectivity index (χ1) is 16.6. The van der Waals surface area contributed by atoms with E-state index in [1.165, 1.54) is 27.0 Å². The van der Waals surface area contributed by atoms with Crippen LogP contribution in [-0.2, 0) is 13.0 Å². The smallest absolute Gasteiger partial charge is 0.328 e. The number of nitrogens with zero attached hydrogens (tertiary/aromatic N) is 2. The first-order valence-electron chi connectivity index (χ1n) is 11.7. The van der Waals surface area contributed by atoms with Crippen LogP contribution in [-0.4, -0.2) is 48.3 Å². The summed E-state index contributed by atoms with van der Waals surface area (Å²) in [7, 11) is 3.33. The molecule has 0 bridgehead atoms. The van der Waals surface area contributed by atoms with Crippen molar-refractivity contribution in [2.45, 2.75) is 25.3 Å². The second-order valence-electron chi connectivity index (χ2n) is 9.22. The second-order valence-corrected chi connectivity index (χ2v) is 10.3. The molecule has 34 heavy (non-hydrogen) atoms. The molecular weight excluding hydrogens is 450 g/mol. The molecule has 4 aromatic rings. The van der Waals surface area contributed by atoms with Crippen molar-refractivity contribution >= 4 is 31.6 Å². The minimum absolute atomic E-state index is 0.228. The van der Waals surface area contributed by atoms with Gasteiger partial charge in [0.1, 0.15) is 16.2 Å². The molecule has 1 aliphatic heterocycles. The maximum absolute atomic E-state index is 13.3. The van der Waals surface area contributed by atoms with Gasteiger partial charge in [-0.25, -0.2) is 4.79 Å². The van der Waals surface area contributed by atoms with Crippen LogP contribution in [0.25, 0.3) is 20.3 Å². The van der Waals surface area contributed by atoms with Crippen LogP contribution in [0.3, 0.4) is 0 Å². The van der Waals surface area contributed by atoms with Gasteiger partial charge >= 0.3 is 5.69 Å². The van der Waals surface area contributed by atoms with Crippen molar-refractivity contribution in [2.24, 2.45) is 5.92 Å². The Labute approximate surface area is 200 Å². The molecule has 2 aromatic carbocycles. The van der Waals surface area contributed by atoms with E-state index in [0.29, 0.717) is 40.9 Å². The van der Waals surface area contributed by atoms with Crippen LogP contribution >= 0.6 is 11.3 Å². The minimum atomic E-state index is -0.366. The van der Waals surface area contributed by atoms with Crippen LogP contribution < -0.4 is 20.7 Å². The van der Waals surface area contributed by atoms with Crippen molar-refractivity contribution in [1.29, 1.82) is 0 Å². The van der Waals surface area contributed by atoms with Gasteiger partial charge in [-0.1, -0.05) is 18.2 Å². The Morgan fingerprint density at radius 2 is 1.82 bits per heavy atom. The molecule has 0 amide bonds. The summed E-state index contributed by atoms with van der Waals surface area (Å²) in [6, 6.07) is 12.1. The molecule has 8 heteroatoms. The lowest BCUT2D eigenvalue weighted by molar-refractivity contribution is 0.303. The molecule has 3 heterocycles. The maximum atomic E-state index is 13.3. The van der Waals surface area contributed by atoms with Crippen LogP contribution in [0.4, 0.5) is 0 Å². The number of hydrogen-bond acceptors (Lipinski definition) is 6. The summed E-state index contributed by atoms with van der Waals surface area (Å²) in [5.41, 5.74) is 2.71. The predicted octanol–water partition coefficient (Wildman–Crippen LogP) is 3.58. The van der Waals surface area contributed by atoms with E-state index < -0.39 is 0 Å². The molecule has 1 N–H and O–H groups in total. The number of rotatable bonds is 5. The number of benzene rings is 2. The third kappa shape index (κ3) is 3.27. The van der Waals surface area contributed by atoms with E-state index in [1.54, 1.807) is 14.2 Å². The molecule has 0 saturated carbocycles. The summed E-state index contributed by atoms with van der Waals surface area (Å²) in [6.45, 7) is 2.99. The highest BCUT2D eigenvalue weighted by Crippen LogP contribution is 2.44. The highest BCUT2D eigenvalue weighted by Gasteiger charge is 2.38. The average Bonchev–Trinajstić information content (AvgIpc) is 3.45. The maximum Gasteiger partial charge on any atom is 0.328 e. The van der Waals surface area contributed by atoms with E-state index in [-0.39, 0.29) is 11.2 Å². The quantitative estimate of drug-likeness (QED) is 0.476. The average molecular weight is 478 g/mol. The molecule has 1 fully saturated rings. The molecule has 0 unspecified atom stereocenters. The first kappa shape index (κ1) is 21.4. The molecule has 2 aromatic heterocycles. The minimum Gasteiger partial charge on any atom is -0.496 e. The van der Waals surface area contributed by atoms with Crippen molar-refractivity contribution in [3.8, 4) is 11.5 Å². The van der Waals surface area contributed by atoms with E-state index in [1.807, 2.05) is 24.3 Å². The van der Waals surface area contributed by atoms with Crippen molar-refractivity contribution < 1.29 is 9.47 Å². The van der Waals surface area contributed by atoms with Crippen LogP contribution in [0.2, 0.25) is 0 Å². The van der Waals surface area contributed by atoms with Gasteiger partial charge in [0, 0.05) is 36.8 Å². The molecule has 2 aliphatic rings. The SMILES string of the molecule is COc1cccc2c1CC[C@H]1CN(CCn3c(=O)[nH]c4c(sc5cccc(OC)c54)c3=O)C[C@@H]21. The fraction of sp³-hybridized carbons (Fsp3) is 0.385. The molecule has 1 aliphatic carbocycles. The molecule has 176 valence electrons. The van der Waals surface area contributed by atoms with E-state index >= 15 is 0 Å². The number of likely N-dealkylation sites (tertiary alicyclic amines) is 1. The lowest BCUT2D eigenvalue weighted by atomic mass is 9.77. The van der Waals surface area contributed by atoms with Gasteiger partial charge in [0.05, 0.1) is 25.1 Å². The zero-order valence-corrected chi connectivity index (χ0v) is 20.1. The Hall–Kier alpha value is -3.10. The topological polar surface area (TPSA) is 76.6 Å². The van der Waals surface area contributed by atoms with Crippen molar-refractivity contribution in [3.63, 3.8) is 0 Å². The monoisotopic (exact) mass is 477 g/mol. The number of nitrogens with one attached hydrogen (secondary N) is 1. The largest absolute Gasteiger partial charge is 0.496 e. The van der Waals surface area contributed by atoms with Gasteiger partial charge < -0.3 is 19.4 Å². The molecule has 0 spiro atoms. The van der Waals surface area contributed by atoms with Crippen LogP contribution in [0, 0.1) is 5.92 Å². The molecular formula is C26H27N3O4S. The summed E-state index contributed by atoms with van der Waals surface area (Å²) < 4.78 is 13.9. The lowest BCUT2D eigenvalue weighted by Crippen LogP contribution is -2.38. The van der Waals surface area contributed by atoms with Crippen molar-refractivity contribution in [2.75, 3.05) is 33.9 Å². The number of fused-ring (bicyclic) bond motifs is 6. The Morgan fingerprint density at radius 1 is 1.03 bits per heavy atom. The van der Waals surface area contributed by atoms with E-state index in [9.17, 15) is 9.59 Å². The Morgan fingerprint density at radius 3 is 2.65 bits per heavy atom. The Bertz CT molecular complexity index is 1520. The van der Waals surface area contributed by atoms with Gasteiger partial charge in [0.15, 0.2) is 0 Å². The third-order valence-electron chi connectivity index (χ3n) is 7.52. The zero-order chi connectivity index (χ0) is 23.4. The second kappa shape index (κ2) is 8.29. The summed E-state index contributed by atoms with van der Waals surface area (Å²) in [6.07, 6.45) is 2.18. The van der Waals surface area contributed by atoms with Gasteiger partial charge in [-0.15, -0.1) is 11.3 Å². The zero-order valence-electron chi connectivity index (χ0n) is 19.3. The lowest BCUT2D eigenvalue weighted by Gasteiger charge is -2.28. The summed E-state index contributed by atoms with van der Waals surface area (Å²) in [4.78, 5) is 31.6. The summed E-state index contributed by atoms with van der Waals surface area (Å²) >= 11 is 1.40. The van der Waals surface area contributed by atoms with Crippen LogP contribution in [0.1, 0.15) is 23.5 Å². The first-order valence-corrected chi connectivity index (χ1v) is 12.5. The van der Waals surface area contributed by atoms with Crippen LogP contribution in [0.15, 0.2) is 46.0 Å². The number of aromatic amines is 1. The van der Waals surface area contributed by atoms with E-state index in [2.05, 4.69) is 22.0 Å². The highest BCUT2D eigenvalue weighted by atomic mass is 32.1. The van der Waals surface area contributed by atoms with Crippen LogP contribution in [0.5, 0.6) is 11.5 Å². The molecule has 2 atom stereocenters. The third-order valence-corrected chi connectivity index (χ3v) is 8.67. The summed E-state index contributed by atoms with van der Waals surface area (Å²) in [5, 5.41) is 0.795. The van der Waals surface area contributed by atoms with Gasteiger partial charge in [-0.3, -0.25) is 9.36 Å². The number of H-pyrrole nitrogens is 1. The summed E-state index contributed by atoms with van der Waals surface area (Å²) in [5.74, 6) is 2.73. The number of hydrogen-bond donors (Lipinski definition) is 1. The van der Waals surface area contributed by atoms with Gasteiger partial charge in [0.25, 0.3) is 5.56 Å².